The van der Waals surface area contributed by atoms with E-state index in [4.69, 9.17) is 9.25 Å². The van der Waals surface area contributed by atoms with Crippen LogP contribution < -0.4 is 5.48 Å². The van der Waals surface area contributed by atoms with Crippen LogP contribution in [0.2, 0.25) is 0 Å². The molecule has 0 radical (unpaired) electrons. The first-order valence-corrected chi connectivity index (χ1v) is 5.58. The molecule has 1 aromatic heterocycles. The van der Waals surface area contributed by atoms with Gasteiger partial charge in [0.1, 0.15) is 12.2 Å². The number of hydrogen-bond acceptors (Lipinski definition) is 3. The number of fused-ring (bicyclic) bond motifs is 1. The lowest BCUT2D eigenvalue weighted by Gasteiger charge is -2.02. The van der Waals surface area contributed by atoms with Crippen molar-refractivity contribution in [1.82, 2.24) is 5.48 Å². The maximum Gasteiger partial charge on any atom is 0.240 e. The van der Waals surface area contributed by atoms with E-state index in [-0.39, 0.29) is 5.91 Å². The van der Waals surface area contributed by atoms with E-state index >= 15 is 0 Å². The van der Waals surface area contributed by atoms with Gasteiger partial charge in [-0.1, -0.05) is 13.0 Å². The Labute approximate surface area is 99.5 Å². The summed E-state index contributed by atoms with van der Waals surface area (Å²) in [5.41, 5.74) is 5.32. The number of carbonyl (C=O) groups excluding carboxylic acids is 1. The number of carbonyl (C=O) groups is 1. The van der Waals surface area contributed by atoms with E-state index in [2.05, 4.69) is 18.5 Å². The van der Waals surface area contributed by atoms with Gasteiger partial charge in [0.15, 0.2) is 0 Å². The largest absolute Gasteiger partial charge is 0.464 e. The quantitative estimate of drug-likeness (QED) is 0.826. The Balaban J connectivity index is 2.19. The second-order valence-electron chi connectivity index (χ2n) is 3.89. The Morgan fingerprint density at radius 2 is 2.29 bits per heavy atom. The molecule has 1 N–H and O–H groups in total. The first-order valence-electron chi connectivity index (χ1n) is 5.58. The fraction of sp³-hybridized carbons (Fsp3) is 0.308. The molecule has 0 atom stereocenters. The normalized spacial score (nSPS) is 10.7. The van der Waals surface area contributed by atoms with Gasteiger partial charge in [0.2, 0.25) is 5.91 Å². The third-order valence-corrected chi connectivity index (χ3v) is 2.57. The lowest BCUT2D eigenvalue weighted by molar-refractivity contribution is -0.132. The van der Waals surface area contributed by atoms with Crippen molar-refractivity contribution in [3.8, 4) is 0 Å². The van der Waals surface area contributed by atoms with Crippen LogP contribution in [-0.4, -0.2) is 5.91 Å². The second kappa shape index (κ2) is 5.01. The standard InChI is InChI=1S/C13H15NO3/c1-3-10-4-5-13-12(6-10)11(7-16-13)8-17-14-9(2)15/h4-7H,3,8H2,1-2H3,(H,14,15). The number of furan rings is 1. The molecule has 4 nitrogen and oxygen atoms in total. The fourth-order valence-electron chi connectivity index (χ4n) is 1.68. The predicted octanol–water partition coefficient (Wildman–Crippen LogP) is 2.56. The molecule has 2 aromatic rings. The van der Waals surface area contributed by atoms with E-state index in [0.29, 0.717) is 6.61 Å². The molecule has 1 aromatic carbocycles. The van der Waals surface area contributed by atoms with E-state index in [1.54, 1.807) is 6.26 Å². The van der Waals surface area contributed by atoms with Gasteiger partial charge >= 0.3 is 0 Å². The minimum Gasteiger partial charge on any atom is -0.464 e. The van der Waals surface area contributed by atoms with Gasteiger partial charge in [-0.05, 0) is 24.1 Å². The minimum atomic E-state index is -0.216. The zero-order valence-corrected chi connectivity index (χ0v) is 9.95. The number of nitrogens with one attached hydrogen (secondary N) is 1. The molecule has 0 unspecified atom stereocenters. The van der Waals surface area contributed by atoms with Crippen LogP contribution in [0.1, 0.15) is 25.0 Å². The van der Waals surface area contributed by atoms with Crippen molar-refractivity contribution in [2.75, 3.05) is 0 Å². The average molecular weight is 233 g/mol. The topological polar surface area (TPSA) is 51.5 Å². The molecule has 1 heterocycles. The minimum absolute atomic E-state index is 0.216. The van der Waals surface area contributed by atoms with Crippen molar-refractivity contribution in [2.24, 2.45) is 0 Å². The lowest BCUT2D eigenvalue weighted by atomic mass is 10.1. The second-order valence-corrected chi connectivity index (χ2v) is 3.89. The van der Waals surface area contributed by atoms with Crippen molar-refractivity contribution in [2.45, 2.75) is 26.9 Å². The maximum absolute atomic E-state index is 10.7. The van der Waals surface area contributed by atoms with Crippen molar-refractivity contribution in [1.29, 1.82) is 0 Å². The molecule has 0 saturated carbocycles. The van der Waals surface area contributed by atoms with Crippen LogP contribution in [-0.2, 0) is 22.7 Å². The molecule has 1 amide bonds. The molecule has 0 saturated heterocycles. The van der Waals surface area contributed by atoms with Crippen molar-refractivity contribution < 1.29 is 14.0 Å². The third-order valence-electron chi connectivity index (χ3n) is 2.57. The SMILES string of the molecule is CCc1ccc2occ(CONC(C)=O)c2c1. The van der Waals surface area contributed by atoms with Gasteiger partial charge in [0, 0.05) is 17.9 Å². The van der Waals surface area contributed by atoms with Crippen LogP contribution in [0.3, 0.4) is 0 Å². The maximum atomic E-state index is 10.7. The molecular weight excluding hydrogens is 218 g/mol. The monoisotopic (exact) mass is 233 g/mol. The summed E-state index contributed by atoms with van der Waals surface area (Å²) in [6.45, 7) is 3.82. The van der Waals surface area contributed by atoms with Crippen LogP contribution >= 0.6 is 0 Å². The first kappa shape index (κ1) is 11.7. The highest BCUT2D eigenvalue weighted by atomic mass is 16.6. The highest BCUT2D eigenvalue weighted by Crippen LogP contribution is 2.23. The Bertz CT molecular complexity index is 530. The van der Waals surface area contributed by atoms with Gasteiger partial charge in [-0.25, -0.2) is 5.48 Å². The van der Waals surface area contributed by atoms with Crippen LogP contribution in [0.4, 0.5) is 0 Å². The smallest absolute Gasteiger partial charge is 0.240 e. The van der Waals surface area contributed by atoms with Gasteiger partial charge in [-0.3, -0.25) is 9.63 Å². The summed E-state index contributed by atoms with van der Waals surface area (Å²) in [5, 5.41) is 1.04. The van der Waals surface area contributed by atoms with Crippen LogP contribution in [0.15, 0.2) is 28.9 Å². The van der Waals surface area contributed by atoms with Crippen LogP contribution in [0, 0.1) is 0 Å². The molecule has 0 aliphatic carbocycles. The number of hydroxylamine groups is 1. The van der Waals surface area contributed by atoms with Gasteiger partial charge in [0.05, 0.1) is 6.26 Å². The van der Waals surface area contributed by atoms with Crippen molar-refractivity contribution in [3.05, 3.63) is 35.6 Å². The highest BCUT2D eigenvalue weighted by Gasteiger charge is 2.07. The Kier molecular flexibility index (Phi) is 3.44. The van der Waals surface area contributed by atoms with E-state index in [0.717, 1.165) is 23.0 Å². The lowest BCUT2D eigenvalue weighted by Crippen LogP contribution is -2.19. The molecule has 0 bridgehead atoms. The summed E-state index contributed by atoms with van der Waals surface area (Å²) in [4.78, 5) is 15.7. The number of benzene rings is 1. The van der Waals surface area contributed by atoms with E-state index < -0.39 is 0 Å². The van der Waals surface area contributed by atoms with Crippen LogP contribution in [0.25, 0.3) is 11.0 Å². The van der Waals surface area contributed by atoms with Crippen LogP contribution in [0.5, 0.6) is 0 Å². The Hall–Kier alpha value is -1.81. The average Bonchev–Trinajstić information content (AvgIpc) is 2.71. The molecular formula is C13H15NO3. The van der Waals surface area contributed by atoms with Gasteiger partial charge in [-0.2, -0.15) is 0 Å². The predicted molar refractivity (Wildman–Crippen MR) is 64.2 cm³/mol. The molecule has 17 heavy (non-hydrogen) atoms. The molecule has 0 aliphatic rings. The van der Waals surface area contributed by atoms with E-state index in [1.807, 2.05) is 12.1 Å². The summed E-state index contributed by atoms with van der Waals surface area (Å²) in [5.74, 6) is -0.216. The van der Waals surface area contributed by atoms with Gasteiger partial charge < -0.3 is 4.42 Å². The first-order chi connectivity index (χ1) is 8.20. The summed E-state index contributed by atoms with van der Waals surface area (Å²) >= 11 is 0. The third kappa shape index (κ3) is 2.65. The van der Waals surface area contributed by atoms with Crippen molar-refractivity contribution >= 4 is 16.9 Å². The molecule has 90 valence electrons. The summed E-state index contributed by atoms with van der Waals surface area (Å²) in [6.07, 6.45) is 2.64. The Morgan fingerprint density at radius 3 is 3.00 bits per heavy atom. The summed E-state index contributed by atoms with van der Waals surface area (Å²) in [7, 11) is 0. The number of hydrogen-bond donors (Lipinski definition) is 1. The zero-order chi connectivity index (χ0) is 12.3. The van der Waals surface area contributed by atoms with Gasteiger partial charge in [-0.15, -0.1) is 0 Å². The van der Waals surface area contributed by atoms with Crippen molar-refractivity contribution in [3.63, 3.8) is 0 Å². The fourth-order valence-corrected chi connectivity index (χ4v) is 1.68. The molecule has 0 aliphatic heterocycles. The molecule has 0 spiro atoms. The number of rotatable bonds is 4. The van der Waals surface area contributed by atoms with E-state index in [1.165, 1.54) is 12.5 Å². The van der Waals surface area contributed by atoms with Gasteiger partial charge in [0.25, 0.3) is 0 Å². The highest BCUT2D eigenvalue weighted by molar-refractivity contribution is 5.81. The molecule has 4 heteroatoms. The molecule has 0 fully saturated rings. The van der Waals surface area contributed by atoms with E-state index in [9.17, 15) is 4.79 Å². The number of aryl methyl sites for hydroxylation is 1. The Morgan fingerprint density at radius 1 is 1.47 bits per heavy atom. The zero-order valence-electron chi connectivity index (χ0n) is 9.95. The summed E-state index contributed by atoms with van der Waals surface area (Å²) < 4.78 is 5.41. The molecule has 2 rings (SSSR count). The number of amides is 1. The summed E-state index contributed by atoms with van der Waals surface area (Å²) in [6, 6.07) is 6.09.